The Morgan fingerprint density at radius 3 is 2.58 bits per heavy atom. The molecule has 0 aliphatic heterocycles. The number of fused-ring (bicyclic) bond motifs is 1. The largest absolute Gasteiger partial charge is 0.481 e. The minimum Gasteiger partial charge on any atom is -0.481 e. The highest BCUT2D eigenvalue weighted by molar-refractivity contribution is 7.17. The number of aliphatic carboxylic acids is 1. The van der Waals surface area contributed by atoms with E-state index in [-0.39, 0.29) is 30.6 Å². The maximum Gasteiger partial charge on any atom is 0.303 e. The lowest BCUT2D eigenvalue weighted by molar-refractivity contribution is -0.137. The summed E-state index contributed by atoms with van der Waals surface area (Å²) in [5, 5.41) is 12.0. The van der Waals surface area contributed by atoms with Crippen molar-refractivity contribution in [2.24, 2.45) is 17.1 Å². The molecule has 7 heteroatoms. The summed E-state index contributed by atoms with van der Waals surface area (Å²) in [6, 6.07) is 0. The number of carboxylic acids is 1. The Morgan fingerprint density at radius 1 is 1.31 bits per heavy atom. The normalized spacial score (nSPS) is 16.8. The molecule has 1 aliphatic rings. The predicted octanol–water partition coefficient (Wildman–Crippen LogP) is 3.58. The topological polar surface area (TPSA) is 109 Å². The lowest BCUT2D eigenvalue weighted by atomic mass is 9.69. The molecule has 1 atom stereocenters. The summed E-state index contributed by atoms with van der Waals surface area (Å²) in [6.07, 6.45) is 4.13. The molecule has 0 saturated carbocycles. The number of primary amides is 1. The van der Waals surface area contributed by atoms with E-state index in [1.165, 1.54) is 11.3 Å². The molecular weight excluding hydrogens is 352 g/mol. The zero-order valence-electron chi connectivity index (χ0n) is 15.7. The lowest BCUT2D eigenvalue weighted by Crippen LogP contribution is -2.29. The van der Waals surface area contributed by atoms with Crippen molar-refractivity contribution in [3.8, 4) is 0 Å². The smallest absolute Gasteiger partial charge is 0.303 e. The van der Waals surface area contributed by atoms with Gasteiger partial charge in [0.2, 0.25) is 5.91 Å². The molecule has 0 spiro atoms. The molecule has 4 N–H and O–H groups in total. The predicted molar refractivity (Wildman–Crippen MR) is 103 cm³/mol. The Morgan fingerprint density at radius 2 is 2.00 bits per heavy atom. The molecule has 1 heterocycles. The van der Waals surface area contributed by atoms with Crippen LogP contribution in [0.4, 0.5) is 5.00 Å². The summed E-state index contributed by atoms with van der Waals surface area (Å²) in [5.74, 6) is -1.18. The molecule has 1 aromatic heterocycles. The zero-order valence-corrected chi connectivity index (χ0v) is 16.5. The van der Waals surface area contributed by atoms with Crippen LogP contribution in [0.25, 0.3) is 0 Å². The molecule has 0 fully saturated rings. The van der Waals surface area contributed by atoms with Gasteiger partial charge in [0, 0.05) is 17.7 Å². The molecule has 0 unspecified atom stereocenters. The third-order valence-electron chi connectivity index (χ3n) is 5.58. The van der Waals surface area contributed by atoms with E-state index < -0.39 is 11.9 Å². The second-order valence-corrected chi connectivity index (χ2v) is 8.75. The Kier molecular flexibility index (Phi) is 6.44. The van der Waals surface area contributed by atoms with Gasteiger partial charge in [0.25, 0.3) is 5.91 Å². The Bertz CT molecular complexity index is 709. The van der Waals surface area contributed by atoms with Gasteiger partial charge in [0.05, 0.1) is 5.56 Å². The van der Waals surface area contributed by atoms with E-state index in [1.807, 2.05) is 0 Å². The second-order valence-electron chi connectivity index (χ2n) is 7.65. The first-order valence-corrected chi connectivity index (χ1v) is 9.93. The highest BCUT2D eigenvalue weighted by Gasteiger charge is 2.34. The summed E-state index contributed by atoms with van der Waals surface area (Å²) in [5.41, 5.74) is 7.23. The molecular formula is C19H28N2O4S. The maximum atomic E-state index is 12.1. The monoisotopic (exact) mass is 380 g/mol. The number of thiophene rings is 1. The van der Waals surface area contributed by atoms with Crippen LogP contribution in [0.5, 0.6) is 0 Å². The van der Waals surface area contributed by atoms with E-state index in [4.69, 9.17) is 10.8 Å². The van der Waals surface area contributed by atoms with Crippen LogP contribution in [0.2, 0.25) is 0 Å². The number of anilines is 1. The minimum absolute atomic E-state index is 0.0508. The van der Waals surface area contributed by atoms with Crippen molar-refractivity contribution in [2.45, 2.75) is 65.7 Å². The summed E-state index contributed by atoms with van der Waals surface area (Å²) >= 11 is 1.44. The Hall–Kier alpha value is -1.89. The van der Waals surface area contributed by atoms with E-state index in [0.717, 1.165) is 36.1 Å². The van der Waals surface area contributed by atoms with Crippen LogP contribution in [-0.4, -0.2) is 22.9 Å². The fourth-order valence-electron chi connectivity index (χ4n) is 3.48. The molecule has 1 aromatic rings. The van der Waals surface area contributed by atoms with E-state index in [9.17, 15) is 14.4 Å². The van der Waals surface area contributed by atoms with Crippen LogP contribution < -0.4 is 11.1 Å². The first-order chi connectivity index (χ1) is 12.2. The highest BCUT2D eigenvalue weighted by atomic mass is 32.1. The van der Waals surface area contributed by atoms with E-state index in [0.29, 0.717) is 16.5 Å². The lowest BCUT2D eigenvalue weighted by Gasteiger charge is -2.36. The van der Waals surface area contributed by atoms with E-state index in [1.54, 1.807) is 0 Å². The van der Waals surface area contributed by atoms with Crippen LogP contribution in [0.1, 0.15) is 73.7 Å². The second kappa shape index (κ2) is 8.20. The van der Waals surface area contributed by atoms with Crippen LogP contribution in [-0.2, 0) is 22.4 Å². The quantitative estimate of drug-likeness (QED) is 0.640. The number of amides is 2. The zero-order chi connectivity index (χ0) is 19.5. The first-order valence-electron chi connectivity index (χ1n) is 9.11. The van der Waals surface area contributed by atoms with Crippen LogP contribution in [0, 0.1) is 11.3 Å². The number of carboxylic acid groups (broad SMARTS) is 1. The van der Waals surface area contributed by atoms with Gasteiger partial charge in [-0.1, -0.05) is 27.2 Å². The Balaban J connectivity index is 2.18. The van der Waals surface area contributed by atoms with Gasteiger partial charge in [-0.15, -0.1) is 11.3 Å². The number of nitrogens with two attached hydrogens (primary N) is 1. The molecule has 26 heavy (non-hydrogen) atoms. The third-order valence-corrected chi connectivity index (χ3v) is 6.75. The highest BCUT2D eigenvalue weighted by Crippen LogP contribution is 2.45. The van der Waals surface area contributed by atoms with Crippen LogP contribution in [0.3, 0.4) is 0 Å². The average molecular weight is 381 g/mol. The van der Waals surface area contributed by atoms with Gasteiger partial charge in [-0.2, -0.15) is 0 Å². The molecule has 1 aliphatic carbocycles. The van der Waals surface area contributed by atoms with Crippen molar-refractivity contribution in [3.05, 3.63) is 16.0 Å². The van der Waals surface area contributed by atoms with Crippen molar-refractivity contribution in [1.82, 2.24) is 0 Å². The fourth-order valence-corrected chi connectivity index (χ4v) is 4.83. The molecule has 0 bridgehead atoms. The number of hydrogen-bond donors (Lipinski definition) is 3. The molecule has 0 saturated heterocycles. The fraction of sp³-hybridized carbons (Fsp3) is 0.632. The van der Waals surface area contributed by atoms with Gasteiger partial charge in [0.15, 0.2) is 0 Å². The van der Waals surface area contributed by atoms with Crippen molar-refractivity contribution >= 4 is 34.1 Å². The minimum atomic E-state index is -0.924. The molecule has 2 amide bonds. The molecule has 144 valence electrons. The van der Waals surface area contributed by atoms with Gasteiger partial charge in [0.1, 0.15) is 5.00 Å². The number of carbonyl (C=O) groups excluding carboxylic acids is 2. The van der Waals surface area contributed by atoms with Gasteiger partial charge in [-0.3, -0.25) is 14.4 Å². The SMILES string of the molecule is CCC(C)(C)[C@H]1CCc2c(sc(NC(=O)CCCC(=O)O)c2C(N)=O)C1. The van der Waals surface area contributed by atoms with Crippen LogP contribution >= 0.6 is 11.3 Å². The summed E-state index contributed by atoms with van der Waals surface area (Å²) in [7, 11) is 0. The van der Waals surface area contributed by atoms with Gasteiger partial charge in [-0.25, -0.2) is 0 Å². The van der Waals surface area contributed by atoms with E-state index in [2.05, 4.69) is 26.1 Å². The van der Waals surface area contributed by atoms with Crippen molar-refractivity contribution in [2.75, 3.05) is 5.32 Å². The number of carbonyl (C=O) groups is 3. The number of nitrogens with one attached hydrogen (secondary N) is 1. The van der Waals surface area contributed by atoms with Crippen molar-refractivity contribution < 1.29 is 19.5 Å². The standard InChI is InChI=1S/C19H28N2O4S/c1-4-19(2,3)11-8-9-12-13(10-11)26-18(16(12)17(20)25)21-14(22)6-5-7-15(23)24/h11H,4-10H2,1-3H3,(H2,20,25)(H,21,22)(H,23,24)/t11-/m0/s1. The molecule has 0 radical (unpaired) electrons. The molecule has 2 rings (SSSR count). The first kappa shape index (κ1) is 20.4. The van der Waals surface area contributed by atoms with E-state index >= 15 is 0 Å². The van der Waals surface area contributed by atoms with Crippen molar-refractivity contribution in [3.63, 3.8) is 0 Å². The van der Waals surface area contributed by atoms with Gasteiger partial charge in [-0.05, 0) is 42.6 Å². The van der Waals surface area contributed by atoms with Crippen molar-refractivity contribution in [1.29, 1.82) is 0 Å². The molecule has 0 aromatic carbocycles. The Labute approximate surface area is 158 Å². The van der Waals surface area contributed by atoms with Gasteiger partial charge >= 0.3 is 5.97 Å². The van der Waals surface area contributed by atoms with Gasteiger partial charge < -0.3 is 16.2 Å². The average Bonchev–Trinajstić information content (AvgIpc) is 2.91. The number of rotatable bonds is 8. The molecule has 6 nitrogen and oxygen atoms in total. The maximum absolute atomic E-state index is 12.1. The summed E-state index contributed by atoms with van der Waals surface area (Å²) in [4.78, 5) is 35.8. The number of hydrogen-bond acceptors (Lipinski definition) is 4. The van der Waals surface area contributed by atoms with Crippen LogP contribution in [0.15, 0.2) is 0 Å². The summed E-state index contributed by atoms with van der Waals surface area (Å²) in [6.45, 7) is 6.74. The summed E-state index contributed by atoms with van der Waals surface area (Å²) < 4.78 is 0. The third kappa shape index (κ3) is 4.63.